The average molecular weight is 494 g/mol. The minimum absolute atomic E-state index is 0.00908. The largest absolute Gasteiger partial charge is 0.494 e. The Bertz CT molecular complexity index is 1090. The molecule has 2 heterocycles. The number of benzene rings is 2. The molecule has 2 aromatic carbocycles. The van der Waals surface area contributed by atoms with E-state index in [1.165, 1.54) is 0 Å². The number of anilines is 1. The molecule has 2 aromatic rings. The fourth-order valence-corrected chi connectivity index (χ4v) is 5.40. The molecule has 36 heavy (non-hydrogen) atoms. The van der Waals surface area contributed by atoms with Gasteiger partial charge in [0.25, 0.3) is 5.91 Å². The topological polar surface area (TPSA) is 71.1 Å². The Labute approximate surface area is 214 Å². The molecule has 0 aliphatic carbocycles. The molecule has 2 aliphatic rings. The monoisotopic (exact) mass is 493 g/mol. The number of likely N-dealkylation sites (tertiary alicyclic amines) is 1. The van der Waals surface area contributed by atoms with Crippen molar-refractivity contribution in [3.05, 3.63) is 59.2 Å². The van der Waals surface area contributed by atoms with E-state index in [0.717, 1.165) is 29.0 Å². The number of amides is 2. The van der Waals surface area contributed by atoms with Crippen LogP contribution >= 0.6 is 0 Å². The molecule has 1 saturated heterocycles. The first kappa shape index (κ1) is 25.9. The van der Waals surface area contributed by atoms with Crippen molar-refractivity contribution in [2.45, 2.75) is 65.6 Å². The molecule has 194 valence electrons. The average Bonchev–Trinajstić information content (AvgIpc) is 3.29. The lowest BCUT2D eigenvalue weighted by atomic mass is 9.79. The summed E-state index contributed by atoms with van der Waals surface area (Å²) >= 11 is 0. The number of carbonyl (C=O) groups excluding carboxylic acids is 2. The van der Waals surface area contributed by atoms with E-state index in [1.54, 1.807) is 0 Å². The number of hydrogen-bond donors (Lipinski definition) is 1. The number of rotatable bonds is 6. The van der Waals surface area contributed by atoms with Crippen molar-refractivity contribution in [1.29, 1.82) is 0 Å². The summed E-state index contributed by atoms with van der Waals surface area (Å²) in [6.07, 6.45) is 0.524. The number of hydrogen-bond acceptors (Lipinski definition) is 5. The molecule has 1 fully saturated rings. The normalized spacial score (nSPS) is 20.7. The van der Waals surface area contributed by atoms with Gasteiger partial charge < -0.3 is 24.6 Å². The second-order valence-corrected chi connectivity index (χ2v) is 10.5. The van der Waals surface area contributed by atoms with Crippen molar-refractivity contribution in [2.24, 2.45) is 5.92 Å². The summed E-state index contributed by atoms with van der Waals surface area (Å²) < 4.78 is 11.4. The number of fused-ring (bicyclic) bond motifs is 3. The molecule has 0 radical (unpaired) electrons. The van der Waals surface area contributed by atoms with Gasteiger partial charge in [-0.3, -0.25) is 4.79 Å². The minimum Gasteiger partial charge on any atom is -0.494 e. The van der Waals surface area contributed by atoms with Gasteiger partial charge in [0, 0.05) is 36.8 Å². The third-order valence-electron chi connectivity index (χ3n) is 7.03. The van der Waals surface area contributed by atoms with Crippen molar-refractivity contribution in [3.8, 4) is 5.75 Å². The fraction of sp³-hybridized carbons (Fsp3) is 0.517. The molecular formula is C29H39N3O4. The summed E-state index contributed by atoms with van der Waals surface area (Å²) in [5, 5.41) is 3.72. The van der Waals surface area contributed by atoms with E-state index in [9.17, 15) is 9.59 Å². The quantitative estimate of drug-likeness (QED) is 0.532. The number of nitrogens with one attached hydrogen (secondary N) is 1. The third kappa shape index (κ3) is 5.15. The van der Waals surface area contributed by atoms with Gasteiger partial charge in [-0.15, -0.1) is 0 Å². The van der Waals surface area contributed by atoms with E-state index in [-0.39, 0.29) is 30.0 Å². The van der Waals surface area contributed by atoms with Crippen molar-refractivity contribution in [2.75, 3.05) is 31.6 Å². The van der Waals surface area contributed by atoms with E-state index in [1.807, 2.05) is 81.7 Å². The molecule has 2 amide bonds. The molecule has 3 atom stereocenters. The molecule has 2 aliphatic heterocycles. The van der Waals surface area contributed by atoms with Gasteiger partial charge in [0.05, 0.1) is 18.7 Å². The van der Waals surface area contributed by atoms with Crippen molar-refractivity contribution in [3.63, 3.8) is 0 Å². The van der Waals surface area contributed by atoms with Crippen LogP contribution in [-0.2, 0) is 4.74 Å². The maximum atomic E-state index is 13.3. The second kappa shape index (κ2) is 10.4. The summed E-state index contributed by atoms with van der Waals surface area (Å²) in [6, 6.07) is 13.9. The SMILES string of the molecule is CCOc1ccc(C2Nc3ccc(C(=O)N(CC)CC)cc3[C@@H]3[C@H]2CCN3C(=O)OC(C)(C)C)cc1. The fourth-order valence-electron chi connectivity index (χ4n) is 5.40. The Morgan fingerprint density at radius 1 is 1.06 bits per heavy atom. The van der Waals surface area contributed by atoms with Crippen molar-refractivity contribution < 1.29 is 19.1 Å². The maximum Gasteiger partial charge on any atom is 0.410 e. The summed E-state index contributed by atoms with van der Waals surface area (Å²) in [7, 11) is 0. The lowest BCUT2D eigenvalue weighted by Crippen LogP contribution is -2.40. The first-order chi connectivity index (χ1) is 17.2. The molecule has 0 saturated carbocycles. The van der Waals surface area contributed by atoms with Crippen LogP contribution in [0.1, 0.15) is 81.5 Å². The Morgan fingerprint density at radius 2 is 1.75 bits per heavy atom. The highest BCUT2D eigenvalue weighted by molar-refractivity contribution is 5.95. The Morgan fingerprint density at radius 3 is 2.36 bits per heavy atom. The van der Waals surface area contributed by atoms with Gasteiger partial charge in [-0.2, -0.15) is 0 Å². The predicted molar refractivity (Wildman–Crippen MR) is 141 cm³/mol. The van der Waals surface area contributed by atoms with Crippen LogP contribution in [0.25, 0.3) is 0 Å². The van der Waals surface area contributed by atoms with Crippen LogP contribution < -0.4 is 10.1 Å². The Hall–Kier alpha value is -3.22. The molecule has 0 aromatic heterocycles. The predicted octanol–water partition coefficient (Wildman–Crippen LogP) is 6.03. The van der Waals surface area contributed by atoms with Crippen LogP contribution in [0.3, 0.4) is 0 Å². The number of ether oxygens (including phenoxy) is 2. The minimum atomic E-state index is -0.583. The summed E-state index contributed by atoms with van der Waals surface area (Å²) in [6.45, 7) is 14.1. The molecule has 1 N–H and O–H groups in total. The van der Waals surface area contributed by atoms with Crippen LogP contribution in [0.2, 0.25) is 0 Å². The van der Waals surface area contributed by atoms with Gasteiger partial charge in [-0.25, -0.2) is 4.79 Å². The highest BCUT2D eigenvalue weighted by Crippen LogP contribution is 2.51. The smallest absolute Gasteiger partial charge is 0.410 e. The highest BCUT2D eigenvalue weighted by Gasteiger charge is 2.47. The molecule has 1 unspecified atom stereocenters. The van der Waals surface area contributed by atoms with Crippen LogP contribution in [0.4, 0.5) is 10.5 Å². The van der Waals surface area contributed by atoms with Crippen molar-refractivity contribution in [1.82, 2.24) is 9.80 Å². The zero-order chi connectivity index (χ0) is 26.0. The third-order valence-corrected chi connectivity index (χ3v) is 7.03. The van der Waals surface area contributed by atoms with Crippen LogP contribution in [-0.4, -0.2) is 53.6 Å². The zero-order valence-electron chi connectivity index (χ0n) is 22.3. The Balaban J connectivity index is 1.74. The molecule has 4 rings (SSSR count). The number of carbonyl (C=O) groups is 2. The zero-order valence-corrected chi connectivity index (χ0v) is 22.3. The van der Waals surface area contributed by atoms with Crippen LogP contribution in [0.5, 0.6) is 5.75 Å². The standard InChI is InChI=1S/C29H39N3O4/c1-7-31(8-2)27(33)20-12-15-24-23(18-20)26-22(16-17-32(26)28(34)36-29(4,5)6)25(30-24)19-10-13-21(14-11-19)35-9-3/h10-15,18,22,25-26,30H,7-9,16-17H2,1-6H3/t22-,25?,26-/m0/s1. The van der Waals surface area contributed by atoms with Crippen LogP contribution in [0, 0.1) is 5.92 Å². The van der Waals surface area contributed by atoms with Crippen LogP contribution in [0.15, 0.2) is 42.5 Å². The molecule has 0 spiro atoms. The van der Waals surface area contributed by atoms with Gasteiger partial charge >= 0.3 is 6.09 Å². The summed E-state index contributed by atoms with van der Waals surface area (Å²) in [5.41, 5.74) is 3.13. The summed E-state index contributed by atoms with van der Waals surface area (Å²) in [4.78, 5) is 30.1. The van der Waals surface area contributed by atoms with E-state index in [0.29, 0.717) is 31.8 Å². The highest BCUT2D eigenvalue weighted by atomic mass is 16.6. The molecule has 7 nitrogen and oxygen atoms in total. The van der Waals surface area contributed by atoms with Crippen molar-refractivity contribution >= 4 is 17.7 Å². The molecule has 0 bridgehead atoms. The van der Waals surface area contributed by atoms with Gasteiger partial charge in [0.2, 0.25) is 0 Å². The van der Waals surface area contributed by atoms with E-state index >= 15 is 0 Å². The first-order valence-corrected chi connectivity index (χ1v) is 13.1. The molecule has 7 heteroatoms. The lowest BCUT2D eigenvalue weighted by molar-refractivity contribution is 0.0198. The van der Waals surface area contributed by atoms with Gasteiger partial charge in [-0.1, -0.05) is 12.1 Å². The molecular weight excluding hydrogens is 454 g/mol. The Kier molecular flexibility index (Phi) is 7.48. The first-order valence-electron chi connectivity index (χ1n) is 13.1. The van der Waals surface area contributed by atoms with Gasteiger partial charge in [-0.05, 0) is 89.4 Å². The lowest BCUT2D eigenvalue weighted by Gasteiger charge is -2.40. The van der Waals surface area contributed by atoms with Gasteiger partial charge in [0.15, 0.2) is 0 Å². The van der Waals surface area contributed by atoms with E-state index in [2.05, 4.69) is 17.4 Å². The van der Waals surface area contributed by atoms with E-state index < -0.39 is 5.60 Å². The maximum absolute atomic E-state index is 13.3. The summed E-state index contributed by atoms with van der Waals surface area (Å²) in [5.74, 6) is 0.993. The second-order valence-electron chi connectivity index (χ2n) is 10.5. The number of nitrogens with zero attached hydrogens (tertiary/aromatic N) is 2. The van der Waals surface area contributed by atoms with Gasteiger partial charge in [0.1, 0.15) is 11.4 Å². The van der Waals surface area contributed by atoms with E-state index in [4.69, 9.17) is 9.47 Å².